The normalized spacial score (nSPS) is 9.94. The summed E-state index contributed by atoms with van der Waals surface area (Å²) in [5, 5.41) is 11.7. The fourth-order valence-corrected chi connectivity index (χ4v) is 1.59. The topological polar surface area (TPSA) is 69.6 Å². The Hall–Kier alpha value is -2.04. The summed E-state index contributed by atoms with van der Waals surface area (Å²) in [6.45, 7) is 4.40. The monoisotopic (exact) mass is 250 g/mol. The SMILES string of the molecule is CCCN(C)C(=O)Nc1ccc(C)cc1C(=O)O. The summed E-state index contributed by atoms with van der Waals surface area (Å²) in [4.78, 5) is 24.4. The molecule has 0 heterocycles. The van der Waals surface area contributed by atoms with Gasteiger partial charge < -0.3 is 15.3 Å². The van der Waals surface area contributed by atoms with Crippen LogP contribution in [0, 0.1) is 6.92 Å². The molecule has 0 saturated carbocycles. The standard InChI is InChI=1S/C13H18N2O3/c1-4-7-15(3)13(18)14-11-6-5-9(2)8-10(11)12(16)17/h5-6,8H,4,7H2,1-3H3,(H,14,18)(H,16,17). The molecule has 1 rings (SSSR count). The second kappa shape index (κ2) is 6.05. The van der Waals surface area contributed by atoms with Gasteiger partial charge in [0.1, 0.15) is 0 Å². The molecule has 0 fully saturated rings. The molecule has 2 N–H and O–H groups in total. The number of hydrogen-bond acceptors (Lipinski definition) is 2. The summed E-state index contributed by atoms with van der Waals surface area (Å²) in [7, 11) is 1.67. The van der Waals surface area contributed by atoms with Crippen molar-refractivity contribution >= 4 is 17.7 Å². The average molecular weight is 250 g/mol. The number of aromatic carboxylic acids is 1. The molecule has 0 aliphatic rings. The van der Waals surface area contributed by atoms with Crippen LogP contribution >= 0.6 is 0 Å². The van der Waals surface area contributed by atoms with Crippen LogP contribution in [-0.4, -0.2) is 35.6 Å². The zero-order chi connectivity index (χ0) is 13.7. The number of nitrogens with zero attached hydrogens (tertiary/aromatic N) is 1. The number of amides is 2. The molecule has 0 unspecified atom stereocenters. The van der Waals surface area contributed by atoms with Crippen molar-refractivity contribution in [2.75, 3.05) is 18.9 Å². The van der Waals surface area contributed by atoms with Crippen LogP contribution in [0.4, 0.5) is 10.5 Å². The zero-order valence-electron chi connectivity index (χ0n) is 10.9. The third-order valence-corrected chi connectivity index (χ3v) is 2.55. The number of urea groups is 1. The number of carboxylic acids is 1. The van der Waals surface area contributed by atoms with Crippen molar-refractivity contribution in [2.45, 2.75) is 20.3 Å². The minimum atomic E-state index is -1.05. The van der Waals surface area contributed by atoms with Gasteiger partial charge in [0.25, 0.3) is 0 Å². The van der Waals surface area contributed by atoms with E-state index >= 15 is 0 Å². The first-order chi connectivity index (χ1) is 8.45. The van der Waals surface area contributed by atoms with Crippen molar-refractivity contribution in [3.63, 3.8) is 0 Å². The van der Waals surface area contributed by atoms with E-state index in [-0.39, 0.29) is 11.6 Å². The second-order valence-corrected chi connectivity index (χ2v) is 4.21. The Morgan fingerprint density at radius 3 is 2.61 bits per heavy atom. The Labute approximate surface area is 106 Å². The highest BCUT2D eigenvalue weighted by Gasteiger charge is 2.14. The van der Waals surface area contributed by atoms with E-state index in [1.165, 1.54) is 11.0 Å². The number of carbonyl (C=O) groups is 2. The smallest absolute Gasteiger partial charge is 0.337 e. The van der Waals surface area contributed by atoms with Gasteiger partial charge in [-0.1, -0.05) is 18.6 Å². The predicted octanol–water partition coefficient (Wildman–Crippen LogP) is 2.57. The predicted molar refractivity (Wildman–Crippen MR) is 70.1 cm³/mol. The summed E-state index contributed by atoms with van der Waals surface area (Å²) in [6.07, 6.45) is 0.851. The molecule has 98 valence electrons. The third-order valence-electron chi connectivity index (χ3n) is 2.55. The van der Waals surface area contributed by atoms with Crippen molar-refractivity contribution in [3.8, 4) is 0 Å². The van der Waals surface area contributed by atoms with E-state index in [9.17, 15) is 9.59 Å². The van der Waals surface area contributed by atoms with Crippen molar-refractivity contribution in [1.29, 1.82) is 0 Å². The number of nitrogens with one attached hydrogen (secondary N) is 1. The van der Waals surface area contributed by atoms with Gasteiger partial charge in [0, 0.05) is 13.6 Å². The second-order valence-electron chi connectivity index (χ2n) is 4.21. The molecular formula is C13H18N2O3. The quantitative estimate of drug-likeness (QED) is 0.862. The van der Waals surface area contributed by atoms with Crippen LogP contribution in [0.1, 0.15) is 29.3 Å². The molecule has 0 radical (unpaired) electrons. The third kappa shape index (κ3) is 3.48. The van der Waals surface area contributed by atoms with Gasteiger partial charge in [0.2, 0.25) is 0 Å². The van der Waals surface area contributed by atoms with E-state index in [1.54, 1.807) is 26.1 Å². The number of aryl methyl sites for hydroxylation is 1. The lowest BCUT2D eigenvalue weighted by atomic mass is 10.1. The van der Waals surface area contributed by atoms with Crippen molar-refractivity contribution in [3.05, 3.63) is 29.3 Å². The zero-order valence-corrected chi connectivity index (χ0v) is 10.9. The summed E-state index contributed by atoms with van der Waals surface area (Å²) >= 11 is 0. The molecule has 0 spiro atoms. The number of hydrogen-bond donors (Lipinski definition) is 2. The van der Waals surface area contributed by atoms with Crippen molar-refractivity contribution in [1.82, 2.24) is 4.90 Å². The Morgan fingerprint density at radius 2 is 2.06 bits per heavy atom. The van der Waals surface area contributed by atoms with Crippen LogP contribution in [0.25, 0.3) is 0 Å². The van der Waals surface area contributed by atoms with Crippen molar-refractivity contribution in [2.24, 2.45) is 0 Å². The minimum absolute atomic E-state index is 0.105. The van der Waals surface area contributed by atoms with Crippen LogP contribution < -0.4 is 5.32 Å². The first kappa shape index (κ1) is 14.0. The summed E-state index contributed by atoms with van der Waals surface area (Å²) in [6, 6.07) is 4.61. The molecule has 0 saturated heterocycles. The van der Waals surface area contributed by atoms with Crippen LogP contribution in [0.15, 0.2) is 18.2 Å². The fraction of sp³-hybridized carbons (Fsp3) is 0.385. The van der Waals surface area contributed by atoms with Crippen LogP contribution in [0.2, 0.25) is 0 Å². The largest absolute Gasteiger partial charge is 0.478 e. The summed E-state index contributed by atoms with van der Waals surface area (Å²) < 4.78 is 0. The van der Waals surface area contributed by atoms with E-state index in [0.717, 1.165) is 12.0 Å². The van der Waals surface area contributed by atoms with E-state index in [1.807, 2.05) is 6.92 Å². The van der Waals surface area contributed by atoms with Gasteiger partial charge in [-0.2, -0.15) is 0 Å². The van der Waals surface area contributed by atoms with Gasteiger partial charge in [-0.3, -0.25) is 0 Å². The van der Waals surface area contributed by atoms with E-state index in [4.69, 9.17) is 5.11 Å². The van der Waals surface area contributed by atoms with Gasteiger partial charge in [-0.15, -0.1) is 0 Å². The molecule has 5 nitrogen and oxygen atoms in total. The Morgan fingerprint density at radius 1 is 1.39 bits per heavy atom. The average Bonchev–Trinajstić information content (AvgIpc) is 2.31. The van der Waals surface area contributed by atoms with E-state index in [0.29, 0.717) is 12.2 Å². The maximum atomic E-state index is 11.8. The molecule has 2 amide bonds. The van der Waals surface area contributed by atoms with E-state index < -0.39 is 5.97 Å². The van der Waals surface area contributed by atoms with E-state index in [2.05, 4.69) is 5.32 Å². The number of benzene rings is 1. The molecule has 18 heavy (non-hydrogen) atoms. The molecule has 0 aliphatic carbocycles. The number of carboxylic acid groups (broad SMARTS) is 1. The first-order valence-corrected chi connectivity index (χ1v) is 5.81. The lowest BCUT2D eigenvalue weighted by Crippen LogP contribution is -2.32. The van der Waals surface area contributed by atoms with Gasteiger partial charge in [0.05, 0.1) is 11.3 Å². The summed E-state index contributed by atoms with van der Waals surface area (Å²) in [5.41, 5.74) is 1.27. The maximum absolute atomic E-state index is 11.8. The molecule has 0 aliphatic heterocycles. The first-order valence-electron chi connectivity index (χ1n) is 5.81. The van der Waals surface area contributed by atoms with Crippen LogP contribution in [0.5, 0.6) is 0 Å². The molecular weight excluding hydrogens is 232 g/mol. The molecule has 1 aromatic rings. The highest BCUT2D eigenvalue weighted by molar-refractivity contribution is 6.00. The number of carbonyl (C=O) groups excluding carboxylic acids is 1. The Kier molecular flexibility index (Phi) is 4.71. The maximum Gasteiger partial charge on any atom is 0.337 e. The fourth-order valence-electron chi connectivity index (χ4n) is 1.59. The highest BCUT2D eigenvalue weighted by atomic mass is 16.4. The minimum Gasteiger partial charge on any atom is -0.478 e. The summed E-state index contributed by atoms with van der Waals surface area (Å²) in [5.74, 6) is -1.05. The van der Waals surface area contributed by atoms with Gasteiger partial charge in [-0.25, -0.2) is 9.59 Å². The molecule has 0 atom stereocenters. The molecule has 5 heteroatoms. The van der Waals surface area contributed by atoms with Gasteiger partial charge >= 0.3 is 12.0 Å². The van der Waals surface area contributed by atoms with Crippen LogP contribution in [0.3, 0.4) is 0 Å². The van der Waals surface area contributed by atoms with Gasteiger partial charge in [-0.05, 0) is 25.5 Å². The number of anilines is 1. The molecule has 0 aromatic heterocycles. The molecule has 1 aromatic carbocycles. The number of rotatable bonds is 4. The van der Waals surface area contributed by atoms with Crippen LogP contribution in [-0.2, 0) is 0 Å². The lowest BCUT2D eigenvalue weighted by molar-refractivity contribution is 0.0698. The Balaban J connectivity index is 2.90. The highest BCUT2D eigenvalue weighted by Crippen LogP contribution is 2.17. The van der Waals surface area contributed by atoms with Crippen molar-refractivity contribution < 1.29 is 14.7 Å². The Bertz CT molecular complexity index is 458. The van der Waals surface area contributed by atoms with Gasteiger partial charge in [0.15, 0.2) is 0 Å². The lowest BCUT2D eigenvalue weighted by Gasteiger charge is -2.18. The molecule has 0 bridgehead atoms.